The third kappa shape index (κ3) is 5.87. The molecule has 7 nitrogen and oxygen atoms in total. The number of amides is 1. The fourth-order valence-electron chi connectivity index (χ4n) is 4.12. The topological polar surface area (TPSA) is 67.8 Å². The van der Waals surface area contributed by atoms with E-state index in [0.29, 0.717) is 30.3 Å². The largest absolute Gasteiger partial charge is 0.486 e. The van der Waals surface area contributed by atoms with Gasteiger partial charge in [0.1, 0.15) is 6.61 Å². The summed E-state index contributed by atoms with van der Waals surface area (Å²) in [6, 6.07) is 9.16. The van der Waals surface area contributed by atoms with Crippen LogP contribution in [0.4, 0.5) is 15.2 Å². The van der Waals surface area contributed by atoms with E-state index in [2.05, 4.69) is 9.97 Å². The molecular weight excluding hydrogens is 411 g/mol. The summed E-state index contributed by atoms with van der Waals surface area (Å²) in [4.78, 5) is 22.8. The van der Waals surface area contributed by atoms with Crippen LogP contribution in [0.2, 0.25) is 0 Å². The number of nitrogens with zero attached hydrogens (tertiary/aromatic N) is 4. The molecule has 3 rings (SSSR count). The third-order valence-electron chi connectivity index (χ3n) is 5.74. The lowest BCUT2D eigenvalue weighted by molar-refractivity contribution is 0.0190. The summed E-state index contributed by atoms with van der Waals surface area (Å²) >= 11 is 0. The summed E-state index contributed by atoms with van der Waals surface area (Å²) in [5.74, 6) is 0.486. The standard InChI is InChI=1S/C24H33FN4O3/c1-5-19-12-21(13-20(6-2)28(19)24(30)32-17(3)4)29(25)23-26-14-22(15-27-23)31-16-18-10-8-7-9-11-18/h7-11,14-15,17,19-21H,5-6,12-13,16H2,1-4H3/t19-,20+,21?. The van der Waals surface area contributed by atoms with Crippen molar-refractivity contribution in [3.05, 3.63) is 48.3 Å². The van der Waals surface area contributed by atoms with Crippen LogP contribution in [-0.4, -0.2) is 45.2 Å². The van der Waals surface area contributed by atoms with E-state index in [-0.39, 0.29) is 30.2 Å². The lowest BCUT2D eigenvalue weighted by atomic mass is 9.89. The van der Waals surface area contributed by atoms with Crippen molar-refractivity contribution in [2.75, 3.05) is 5.12 Å². The molecule has 0 aliphatic carbocycles. The molecule has 2 aromatic rings. The summed E-state index contributed by atoms with van der Waals surface area (Å²) in [6.45, 7) is 8.08. The second-order valence-electron chi connectivity index (χ2n) is 8.39. The minimum atomic E-state index is -0.413. The molecule has 1 unspecified atom stereocenters. The van der Waals surface area contributed by atoms with E-state index >= 15 is 4.48 Å². The van der Waals surface area contributed by atoms with Crippen LogP contribution < -0.4 is 9.86 Å². The number of benzene rings is 1. The van der Waals surface area contributed by atoms with E-state index in [9.17, 15) is 4.79 Å². The molecule has 0 bridgehead atoms. The first kappa shape index (κ1) is 23.8. The number of rotatable bonds is 8. The average Bonchev–Trinajstić information content (AvgIpc) is 2.81. The van der Waals surface area contributed by atoms with E-state index in [4.69, 9.17) is 9.47 Å². The van der Waals surface area contributed by atoms with Crippen molar-refractivity contribution in [1.29, 1.82) is 0 Å². The fourth-order valence-corrected chi connectivity index (χ4v) is 4.12. The number of piperidine rings is 1. The Hall–Kier alpha value is -2.90. The highest BCUT2D eigenvalue weighted by Crippen LogP contribution is 2.32. The molecule has 1 fully saturated rings. The number of aromatic nitrogens is 2. The number of ether oxygens (including phenoxy) is 2. The molecule has 32 heavy (non-hydrogen) atoms. The minimum Gasteiger partial charge on any atom is -0.486 e. The van der Waals surface area contributed by atoms with Crippen molar-refractivity contribution in [2.24, 2.45) is 0 Å². The molecule has 1 saturated heterocycles. The Balaban J connectivity index is 1.65. The van der Waals surface area contributed by atoms with E-state index in [1.807, 2.05) is 58.0 Å². The Labute approximate surface area is 189 Å². The number of hydrogen-bond donors (Lipinski definition) is 0. The van der Waals surface area contributed by atoms with Gasteiger partial charge in [-0.2, -0.15) is 5.12 Å². The second kappa shape index (κ2) is 11.1. The van der Waals surface area contributed by atoms with E-state index in [1.54, 1.807) is 4.90 Å². The quantitative estimate of drug-likeness (QED) is 0.514. The van der Waals surface area contributed by atoms with Crippen molar-refractivity contribution in [2.45, 2.75) is 84.2 Å². The molecule has 8 heteroatoms. The van der Waals surface area contributed by atoms with Gasteiger partial charge in [0, 0.05) is 12.1 Å². The molecule has 0 radical (unpaired) electrons. The maximum absolute atomic E-state index is 15.3. The molecule has 0 spiro atoms. The van der Waals surface area contributed by atoms with Crippen molar-refractivity contribution < 1.29 is 18.7 Å². The SMILES string of the molecule is CC[C@@H]1CC(N(F)c2ncc(OCc3ccccc3)cn2)C[C@H](CC)N1C(=O)OC(C)C. The Morgan fingerprint density at radius 2 is 1.72 bits per heavy atom. The normalized spacial score (nSPS) is 20.8. The zero-order valence-electron chi connectivity index (χ0n) is 19.3. The number of carbonyl (C=O) groups is 1. The van der Waals surface area contributed by atoms with Gasteiger partial charge in [0.05, 0.1) is 24.5 Å². The first-order valence-corrected chi connectivity index (χ1v) is 11.4. The summed E-state index contributed by atoms with van der Waals surface area (Å²) < 4.78 is 26.4. The predicted octanol–water partition coefficient (Wildman–Crippen LogP) is 5.31. The van der Waals surface area contributed by atoms with Gasteiger partial charge in [0.25, 0.3) is 5.95 Å². The highest BCUT2D eigenvalue weighted by Gasteiger charge is 2.41. The zero-order chi connectivity index (χ0) is 23.1. The summed E-state index contributed by atoms with van der Waals surface area (Å²) in [7, 11) is 0. The third-order valence-corrected chi connectivity index (χ3v) is 5.74. The molecule has 1 aliphatic heterocycles. The van der Waals surface area contributed by atoms with E-state index in [0.717, 1.165) is 18.4 Å². The maximum atomic E-state index is 15.3. The summed E-state index contributed by atoms with van der Waals surface area (Å²) in [6.07, 6.45) is 4.90. The zero-order valence-corrected chi connectivity index (χ0v) is 19.3. The van der Waals surface area contributed by atoms with Crippen LogP contribution in [0.3, 0.4) is 0 Å². The summed E-state index contributed by atoms with van der Waals surface area (Å²) in [5.41, 5.74) is 1.03. The van der Waals surface area contributed by atoms with Crippen molar-refractivity contribution in [3.8, 4) is 5.75 Å². The monoisotopic (exact) mass is 444 g/mol. The highest BCUT2D eigenvalue weighted by molar-refractivity contribution is 5.69. The molecule has 1 aromatic carbocycles. The second-order valence-corrected chi connectivity index (χ2v) is 8.39. The number of carbonyl (C=O) groups excluding carboxylic acids is 1. The lowest BCUT2D eigenvalue weighted by Crippen LogP contribution is -2.56. The molecule has 0 saturated carbocycles. The molecule has 0 N–H and O–H groups in total. The molecule has 1 aromatic heterocycles. The van der Waals surface area contributed by atoms with E-state index in [1.165, 1.54) is 12.4 Å². The molecule has 2 heterocycles. The number of anilines is 1. The average molecular weight is 445 g/mol. The Kier molecular flexibility index (Phi) is 8.25. The first-order valence-electron chi connectivity index (χ1n) is 11.4. The van der Waals surface area contributed by atoms with Gasteiger partial charge in [0.2, 0.25) is 0 Å². The number of likely N-dealkylation sites (tertiary alicyclic amines) is 1. The molecular formula is C24H33FN4O3. The molecule has 1 amide bonds. The van der Waals surface area contributed by atoms with Gasteiger partial charge >= 0.3 is 6.09 Å². The van der Waals surface area contributed by atoms with Crippen LogP contribution in [0, 0.1) is 0 Å². The van der Waals surface area contributed by atoms with Crippen LogP contribution >= 0.6 is 0 Å². The fraction of sp³-hybridized carbons (Fsp3) is 0.542. The molecule has 3 atom stereocenters. The van der Waals surface area contributed by atoms with E-state index < -0.39 is 6.04 Å². The maximum Gasteiger partial charge on any atom is 0.410 e. The first-order chi connectivity index (χ1) is 15.4. The lowest BCUT2D eigenvalue weighted by Gasteiger charge is -2.45. The Bertz CT molecular complexity index is 836. The van der Waals surface area contributed by atoms with Crippen molar-refractivity contribution in [3.63, 3.8) is 0 Å². The highest BCUT2D eigenvalue weighted by atomic mass is 19.2. The molecule has 1 aliphatic rings. The van der Waals surface area contributed by atoms with Crippen molar-refractivity contribution >= 4 is 12.0 Å². The van der Waals surface area contributed by atoms with Crippen LogP contribution in [0.25, 0.3) is 0 Å². The van der Waals surface area contributed by atoms with Gasteiger partial charge in [-0.05, 0) is 45.1 Å². The Morgan fingerprint density at radius 1 is 1.12 bits per heavy atom. The van der Waals surface area contributed by atoms with Crippen LogP contribution in [0.15, 0.2) is 42.7 Å². The molecule has 174 valence electrons. The van der Waals surface area contributed by atoms with Crippen molar-refractivity contribution in [1.82, 2.24) is 14.9 Å². The van der Waals surface area contributed by atoms with Gasteiger partial charge in [-0.1, -0.05) is 48.7 Å². The Morgan fingerprint density at radius 3 is 2.25 bits per heavy atom. The van der Waals surface area contributed by atoms with Crippen LogP contribution in [-0.2, 0) is 11.3 Å². The van der Waals surface area contributed by atoms with Gasteiger partial charge in [-0.25, -0.2) is 14.8 Å². The van der Waals surface area contributed by atoms with Crippen LogP contribution in [0.1, 0.15) is 58.9 Å². The minimum absolute atomic E-state index is 0.00461. The smallest absolute Gasteiger partial charge is 0.410 e. The predicted molar refractivity (Wildman–Crippen MR) is 121 cm³/mol. The van der Waals surface area contributed by atoms with Crippen LogP contribution in [0.5, 0.6) is 5.75 Å². The summed E-state index contributed by atoms with van der Waals surface area (Å²) in [5, 5.41) is 0.636. The van der Waals surface area contributed by atoms with Gasteiger partial charge in [-0.3, -0.25) is 0 Å². The number of hydrogen-bond acceptors (Lipinski definition) is 6. The number of halogens is 1. The van der Waals surface area contributed by atoms with Gasteiger partial charge in [0.15, 0.2) is 5.75 Å². The van der Waals surface area contributed by atoms with Gasteiger partial charge < -0.3 is 14.4 Å². The van der Waals surface area contributed by atoms with Gasteiger partial charge in [-0.15, -0.1) is 0 Å².